The molecule has 2 amide bonds. The van der Waals surface area contributed by atoms with Gasteiger partial charge in [-0.2, -0.15) is 5.10 Å². The minimum absolute atomic E-state index is 0.102. The van der Waals surface area contributed by atoms with Crippen molar-refractivity contribution in [1.82, 2.24) is 10.2 Å². The van der Waals surface area contributed by atoms with Gasteiger partial charge >= 0.3 is 0 Å². The summed E-state index contributed by atoms with van der Waals surface area (Å²) in [4.78, 5) is 24.2. The first-order valence-electron chi connectivity index (χ1n) is 9.27. The molecule has 0 atom stereocenters. The number of carbonyl (C=O) groups is 2. The third kappa shape index (κ3) is 4.33. The van der Waals surface area contributed by atoms with E-state index in [1.807, 2.05) is 38.1 Å². The number of fused-ring (bicyclic) bond motifs is 2. The minimum atomic E-state index is -0.479. The molecular weight excluding hydrogens is 360 g/mol. The van der Waals surface area contributed by atoms with Crippen LogP contribution in [0.3, 0.4) is 0 Å². The van der Waals surface area contributed by atoms with Crippen LogP contribution in [0.15, 0.2) is 24.3 Å². The Bertz CT molecular complexity index is 875. The number of H-pyrrole nitrogens is 1. The number of anilines is 1. The van der Waals surface area contributed by atoms with Crippen molar-refractivity contribution in [3.63, 3.8) is 0 Å². The van der Waals surface area contributed by atoms with E-state index < -0.39 is 5.91 Å². The zero-order valence-corrected chi connectivity index (χ0v) is 16.4. The fraction of sp³-hybridized carbons (Fsp3) is 0.450. The van der Waals surface area contributed by atoms with Gasteiger partial charge in [-0.3, -0.25) is 14.7 Å². The second-order valence-corrected chi connectivity index (χ2v) is 7.45. The number of amides is 2. The third-order valence-electron chi connectivity index (χ3n) is 4.81. The Morgan fingerprint density at radius 3 is 2.75 bits per heavy atom. The molecule has 8 nitrogen and oxygen atoms in total. The van der Waals surface area contributed by atoms with E-state index in [1.54, 1.807) is 11.9 Å². The number of nitrogens with two attached hydrogens (primary N) is 1. The molecule has 4 rings (SSSR count). The van der Waals surface area contributed by atoms with Gasteiger partial charge in [0.2, 0.25) is 5.91 Å². The maximum Gasteiger partial charge on any atom is 0.269 e. The summed E-state index contributed by atoms with van der Waals surface area (Å²) in [5.41, 5.74) is 8.10. The Labute approximate surface area is 164 Å². The molecule has 150 valence electrons. The number of nitrogens with zero attached hydrogens (tertiary/aromatic N) is 2. The molecule has 0 bridgehead atoms. The van der Waals surface area contributed by atoms with Crippen LogP contribution in [0.1, 0.15) is 42.0 Å². The monoisotopic (exact) mass is 386 g/mol. The number of hydrogen-bond acceptors (Lipinski definition) is 5. The van der Waals surface area contributed by atoms with E-state index >= 15 is 0 Å². The van der Waals surface area contributed by atoms with Gasteiger partial charge in [-0.25, -0.2) is 0 Å². The van der Waals surface area contributed by atoms with Crippen LogP contribution < -0.4 is 15.4 Å². The SMILES string of the molecule is CC1(C)Cc2[nH]nc(C(N)=O)c2CCO1.CN1C(=O)CCOc2ccccc21. The highest BCUT2D eigenvalue weighted by Gasteiger charge is 2.28. The number of rotatable bonds is 1. The largest absolute Gasteiger partial charge is 0.491 e. The first kappa shape index (κ1) is 19.9. The summed E-state index contributed by atoms with van der Waals surface area (Å²) in [6.07, 6.45) is 1.86. The average Bonchev–Trinajstić information content (AvgIpc) is 2.88. The maximum absolute atomic E-state index is 11.4. The van der Waals surface area contributed by atoms with Crippen molar-refractivity contribution >= 4 is 17.5 Å². The van der Waals surface area contributed by atoms with E-state index in [2.05, 4.69) is 10.2 Å². The van der Waals surface area contributed by atoms with Crippen LogP contribution in [0, 0.1) is 0 Å². The molecule has 1 aromatic heterocycles. The number of aromatic nitrogens is 2. The van der Waals surface area contributed by atoms with Crippen LogP contribution in [0.5, 0.6) is 5.75 Å². The van der Waals surface area contributed by atoms with Crippen LogP contribution >= 0.6 is 0 Å². The van der Waals surface area contributed by atoms with Crippen molar-refractivity contribution in [2.24, 2.45) is 5.73 Å². The van der Waals surface area contributed by atoms with Crippen molar-refractivity contribution in [1.29, 1.82) is 0 Å². The van der Waals surface area contributed by atoms with E-state index in [4.69, 9.17) is 15.2 Å². The van der Waals surface area contributed by atoms with Crippen molar-refractivity contribution in [3.05, 3.63) is 41.2 Å². The molecule has 0 aliphatic carbocycles. The van der Waals surface area contributed by atoms with Gasteiger partial charge in [0.1, 0.15) is 5.75 Å². The smallest absolute Gasteiger partial charge is 0.269 e. The molecule has 3 N–H and O–H groups in total. The zero-order chi connectivity index (χ0) is 20.3. The molecule has 1 aromatic carbocycles. The summed E-state index contributed by atoms with van der Waals surface area (Å²) in [7, 11) is 1.77. The Morgan fingerprint density at radius 1 is 1.25 bits per heavy atom. The molecule has 0 spiro atoms. The molecule has 8 heteroatoms. The van der Waals surface area contributed by atoms with Gasteiger partial charge in [0, 0.05) is 24.7 Å². The fourth-order valence-electron chi connectivity index (χ4n) is 3.33. The highest BCUT2D eigenvalue weighted by Crippen LogP contribution is 2.29. The molecule has 0 radical (unpaired) electrons. The molecule has 0 saturated carbocycles. The quantitative estimate of drug-likeness (QED) is 0.777. The summed E-state index contributed by atoms with van der Waals surface area (Å²) < 4.78 is 11.1. The normalized spacial score (nSPS) is 17.8. The summed E-state index contributed by atoms with van der Waals surface area (Å²) in [5.74, 6) is 0.410. The molecule has 2 aliphatic rings. The Kier molecular flexibility index (Phi) is 5.69. The number of benzene rings is 1. The first-order valence-corrected chi connectivity index (χ1v) is 9.27. The Hall–Kier alpha value is -2.87. The summed E-state index contributed by atoms with van der Waals surface area (Å²) in [5, 5.41) is 6.82. The van der Waals surface area contributed by atoms with Crippen LogP contribution in [0.25, 0.3) is 0 Å². The molecule has 0 fully saturated rings. The summed E-state index contributed by atoms with van der Waals surface area (Å²) >= 11 is 0. The number of para-hydroxylation sites is 2. The molecule has 2 aromatic rings. The van der Waals surface area contributed by atoms with Gasteiger partial charge in [-0.15, -0.1) is 0 Å². The van der Waals surface area contributed by atoms with E-state index in [1.165, 1.54) is 0 Å². The van der Waals surface area contributed by atoms with Crippen molar-refractivity contribution in [2.75, 3.05) is 25.2 Å². The molecular formula is C20H26N4O4. The number of ether oxygens (including phenoxy) is 2. The molecule has 2 aliphatic heterocycles. The fourth-order valence-corrected chi connectivity index (χ4v) is 3.33. The lowest BCUT2D eigenvalue weighted by molar-refractivity contribution is -0.118. The molecule has 0 unspecified atom stereocenters. The third-order valence-corrected chi connectivity index (χ3v) is 4.81. The predicted octanol–water partition coefficient (Wildman–Crippen LogP) is 1.83. The maximum atomic E-state index is 11.4. The van der Waals surface area contributed by atoms with Crippen molar-refractivity contribution in [2.45, 2.75) is 38.7 Å². The highest BCUT2D eigenvalue weighted by molar-refractivity contribution is 5.95. The lowest BCUT2D eigenvalue weighted by Crippen LogP contribution is -2.26. The van der Waals surface area contributed by atoms with Crippen LogP contribution in [0.2, 0.25) is 0 Å². The van der Waals surface area contributed by atoms with Crippen LogP contribution in [0.4, 0.5) is 5.69 Å². The van der Waals surface area contributed by atoms with Gasteiger partial charge in [0.05, 0.1) is 30.9 Å². The number of aromatic amines is 1. The second-order valence-electron chi connectivity index (χ2n) is 7.45. The average molecular weight is 386 g/mol. The van der Waals surface area contributed by atoms with Crippen molar-refractivity contribution in [3.8, 4) is 5.75 Å². The van der Waals surface area contributed by atoms with Crippen LogP contribution in [-0.4, -0.2) is 47.9 Å². The van der Waals surface area contributed by atoms with Gasteiger partial charge < -0.3 is 20.1 Å². The lowest BCUT2D eigenvalue weighted by atomic mass is 10.00. The lowest BCUT2D eigenvalue weighted by Gasteiger charge is -2.22. The number of carbonyl (C=O) groups excluding carboxylic acids is 2. The van der Waals surface area contributed by atoms with E-state index in [-0.39, 0.29) is 11.5 Å². The topological polar surface area (TPSA) is 111 Å². The zero-order valence-electron chi connectivity index (χ0n) is 16.4. The number of nitrogens with one attached hydrogen (secondary N) is 1. The van der Waals surface area contributed by atoms with Crippen LogP contribution in [-0.2, 0) is 22.4 Å². The number of primary amides is 1. The van der Waals surface area contributed by atoms with Gasteiger partial charge in [-0.05, 0) is 32.4 Å². The number of hydrogen-bond donors (Lipinski definition) is 2. The first-order chi connectivity index (χ1) is 13.3. The molecule has 0 saturated heterocycles. The van der Waals surface area contributed by atoms with Crippen molar-refractivity contribution < 1.29 is 19.1 Å². The van der Waals surface area contributed by atoms with Gasteiger partial charge in [0.25, 0.3) is 5.91 Å². The molecule has 3 heterocycles. The highest BCUT2D eigenvalue weighted by atomic mass is 16.5. The Morgan fingerprint density at radius 2 is 2.00 bits per heavy atom. The van der Waals surface area contributed by atoms with E-state index in [9.17, 15) is 9.59 Å². The van der Waals surface area contributed by atoms with Gasteiger partial charge in [-0.1, -0.05) is 12.1 Å². The van der Waals surface area contributed by atoms with E-state index in [0.29, 0.717) is 31.7 Å². The summed E-state index contributed by atoms with van der Waals surface area (Å²) in [6.45, 7) is 5.11. The Balaban J connectivity index is 0.000000162. The minimum Gasteiger partial charge on any atom is -0.491 e. The molecule has 28 heavy (non-hydrogen) atoms. The second kappa shape index (κ2) is 8.02. The standard InChI is InChI=1S/C10H15N3O2.C10H11NO2/c1-10(2)5-7-6(3-4-15-10)8(9(11)14)13-12-7;1-11-8-4-2-3-5-9(8)13-7-6-10(11)12/h3-5H2,1-2H3,(H2,11,14)(H,12,13);2-5H,6-7H2,1H3. The predicted molar refractivity (Wildman–Crippen MR) is 105 cm³/mol. The summed E-state index contributed by atoms with van der Waals surface area (Å²) in [6, 6.07) is 7.57. The van der Waals surface area contributed by atoms with E-state index in [0.717, 1.165) is 29.1 Å². The van der Waals surface area contributed by atoms with Gasteiger partial charge in [0.15, 0.2) is 5.69 Å².